The summed E-state index contributed by atoms with van der Waals surface area (Å²) in [5, 5.41) is 10.2. The van der Waals surface area contributed by atoms with Gasteiger partial charge in [-0.25, -0.2) is 0 Å². The number of aliphatic hydroxyl groups is 1. The van der Waals surface area contributed by atoms with Gasteiger partial charge >= 0.3 is 0 Å². The number of aliphatic hydroxyl groups excluding tert-OH is 1. The van der Waals surface area contributed by atoms with Crippen LogP contribution in [-0.4, -0.2) is 17.0 Å². The average molecular weight is 206 g/mol. The highest BCUT2D eigenvalue weighted by atomic mass is 16.3. The molecule has 0 amide bonds. The van der Waals surface area contributed by atoms with Crippen LogP contribution in [0.4, 0.5) is 0 Å². The van der Waals surface area contributed by atoms with E-state index in [4.69, 9.17) is 0 Å². The zero-order chi connectivity index (χ0) is 10.2. The molecule has 2 heteroatoms. The molecule has 4 rings (SSSR count). The van der Waals surface area contributed by atoms with Crippen LogP contribution in [-0.2, 0) is 4.79 Å². The van der Waals surface area contributed by atoms with E-state index in [-0.39, 0.29) is 12.0 Å². The fraction of sp³-hybridized carbons (Fsp3) is 0.923. The summed E-state index contributed by atoms with van der Waals surface area (Å²) in [7, 11) is 0. The molecule has 0 saturated heterocycles. The van der Waals surface area contributed by atoms with Crippen molar-refractivity contribution in [2.45, 2.75) is 38.2 Å². The standard InChI is InChI=1S/C13H18O2/c14-9-4-3-8-12-7-2-1-6(11(7)12)5-10(15)13(8)9/h6-8,10-13,15H,1-5H2/t6-,7?,8?,10+,11?,12?,13?/m0/s1. The number of fused-ring (bicyclic) bond motifs is 3. The first kappa shape index (κ1) is 8.74. The number of rotatable bonds is 0. The molecular formula is C13H18O2. The zero-order valence-corrected chi connectivity index (χ0v) is 8.93. The van der Waals surface area contributed by atoms with Gasteiger partial charge in [0, 0.05) is 12.3 Å². The smallest absolute Gasteiger partial charge is 0.138 e. The van der Waals surface area contributed by atoms with Crippen molar-refractivity contribution >= 4 is 5.78 Å². The molecule has 1 N–H and O–H groups in total. The first-order chi connectivity index (χ1) is 7.27. The van der Waals surface area contributed by atoms with Crippen molar-refractivity contribution in [2.75, 3.05) is 0 Å². The first-order valence-electron chi connectivity index (χ1n) is 6.48. The molecule has 0 bridgehead atoms. The Morgan fingerprint density at radius 3 is 2.80 bits per heavy atom. The van der Waals surface area contributed by atoms with Crippen LogP contribution in [0, 0.1) is 35.5 Å². The van der Waals surface area contributed by atoms with Gasteiger partial charge in [-0.15, -0.1) is 0 Å². The Kier molecular flexibility index (Phi) is 1.55. The van der Waals surface area contributed by atoms with E-state index in [0.29, 0.717) is 11.7 Å². The highest BCUT2D eigenvalue weighted by molar-refractivity contribution is 5.84. The minimum absolute atomic E-state index is 0.0330. The number of hydrogen-bond acceptors (Lipinski definition) is 2. The van der Waals surface area contributed by atoms with E-state index < -0.39 is 0 Å². The third-order valence-corrected chi connectivity index (χ3v) is 5.72. The van der Waals surface area contributed by atoms with Gasteiger partial charge in [0.1, 0.15) is 5.78 Å². The highest BCUT2D eigenvalue weighted by Gasteiger charge is 2.65. The van der Waals surface area contributed by atoms with Crippen LogP contribution in [0.3, 0.4) is 0 Å². The van der Waals surface area contributed by atoms with Crippen LogP contribution in [0.15, 0.2) is 0 Å². The van der Waals surface area contributed by atoms with Gasteiger partial charge in [0.15, 0.2) is 0 Å². The van der Waals surface area contributed by atoms with Crippen molar-refractivity contribution in [1.82, 2.24) is 0 Å². The van der Waals surface area contributed by atoms with Gasteiger partial charge in [-0.2, -0.15) is 0 Å². The summed E-state index contributed by atoms with van der Waals surface area (Å²) in [6, 6.07) is 0. The monoisotopic (exact) mass is 206 g/mol. The molecule has 2 nitrogen and oxygen atoms in total. The molecule has 0 spiro atoms. The normalized spacial score (nSPS) is 61.1. The van der Waals surface area contributed by atoms with Gasteiger partial charge in [-0.3, -0.25) is 4.79 Å². The Balaban J connectivity index is 1.72. The third-order valence-electron chi connectivity index (χ3n) is 5.72. The van der Waals surface area contributed by atoms with Gasteiger partial charge in [0.05, 0.1) is 6.10 Å². The lowest BCUT2D eigenvalue weighted by molar-refractivity contribution is -0.125. The maximum absolute atomic E-state index is 11.8. The summed E-state index contributed by atoms with van der Waals surface area (Å²) in [6.07, 6.45) is 5.13. The van der Waals surface area contributed by atoms with Crippen molar-refractivity contribution in [3.8, 4) is 0 Å². The number of carbonyl (C=O) groups excluding carboxylic acids is 1. The molecule has 15 heavy (non-hydrogen) atoms. The Hall–Kier alpha value is -0.370. The largest absolute Gasteiger partial charge is 0.392 e. The first-order valence-corrected chi connectivity index (χ1v) is 6.48. The second kappa shape index (κ2) is 2.65. The van der Waals surface area contributed by atoms with E-state index in [2.05, 4.69) is 0 Å². The third kappa shape index (κ3) is 0.968. The molecule has 0 aromatic heterocycles. The molecule has 4 saturated carbocycles. The molecule has 82 valence electrons. The highest BCUT2D eigenvalue weighted by Crippen LogP contribution is 2.69. The summed E-state index contributed by atoms with van der Waals surface area (Å²) in [5.41, 5.74) is 0. The second-order valence-corrected chi connectivity index (χ2v) is 6.15. The van der Waals surface area contributed by atoms with Gasteiger partial charge in [-0.1, -0.05) is 0 Å². The zero-order valence-electron chi connectivity index (χ0n) is 8.93. The fourth-order valence-corrected chi connectivity index (χ4v) is 5.24. The lowest BCUT2D eigenvalue weighted by Gasteiger charge is -2.21. The van der Waals surface area contributed by atoms with E-state index in [9.17, 15) is 9.90 Å². The van der Waals surface area contributed by atoms with Gasteiger partial charge < -0.3 is 5.11 Å². The molecule has 4 aliphatic carbocycles. The molecule has 0 aromatic rings. The Bertz CT molecular complexity index is 324. The van der Waals surface area contributed by atoms with Crippen LogP contribution in [0.2, 0.25) is 0 Å². The maximum atomic E-state index is 11.8. The lowest BCUT2D eigenvalue weighted by Crippen LogP contribution is -2.29. The topological polar surface area (TPSA) is 37.3 Å². The van der Waals surface area contributed by atoms with E-state index in [1.807, 2.05) is 0 Å². The molecule has 4 fully saturated rings. The van der Waals surface area contributed by atoms with Crippen molar-refractivity contribution in [2.24, 2.45) is 35.5 Å². The van der Waals surface area contributed by atoms with E-state index in [1.54, 1.807) is 0 Å². The molecule has 7 atom stereocenters. The Morgan fingerprint density at radius 1 is 1.07 bits per heavy atom. The number of carbonyl (C=O) groups is 1. The minimum atomic E-state index is -0.304. The van der Waals surface area contributed by atoms with Crippen LogP contribution >= 0.6 is 0 Å². The van der Waals surface area contributed by atoms with Crippen molar-refractivity contribution in [3.63, 3.8) is 0 Å². The summed E-state index contributed by atoms with van der Waals surface area (Å²) < 4.78 is 0. The lowest BCUT2D eigenvalue weighted by atomic mass is 9.86. The molecule has 0 heterocycles. The van der Waals surface area contributed by atoms with Crippen molar-refractivity contribution in [1.29, 1.82) is 0 Å². The summed E-state index contributed by atoms with van der Waals surface area (Å²) >= 11 is 0. The summed E-state index contributed by atoms with van der Waals surface area (Å²) in [6.45, 7) is 0. The molecule has 0 aliphatic heterocycles. The molecule has 0 aromatic carbocycles. The SMILES string of the molecule is O=C1CCC2C3C4CC[C@@H](C[C@@H](O)C12)C43. The van der Waals surface area contributed by atoms with Crippen LogP contribution in [0.25, 0.3) is 0 Å². The summed E-state index contributed by atoms with van der Waals surface area (Å²) in [4.78, 5) is 11.8. The second-order valence-electron chi connectivity index (χ2n) is 6.15. The Morgan fingerprint density at radius 2 is 1.93 bits per heavy atom. The van der Waals surface area contributed by atoms with E-state index in [0.717, 1.165) is 42.9 Å². The van der Waals surface area contributed by atoms with Crippen molar-refractivity contribution in [3.05, 3.63) is 0 Å². The fourth-order valence-electron chi connectivity index (χ4n) is 5.24. The molecule has 4 aliphatic rings. The van der Waals surface area contributed by atoms with Gasteiger partial charge in [0.25, 0.3) is 0 Å². The predicted octanol–water partition coefficient (Wildman–Crippen LogP) is 1.62. The number of Topliss-reactive ketones (excluding diaryl/α,β-unsaturated/α-hetero) is 1. The number of ketones is 1. The Labute approximate surface area is 90.1 Å². The molecule has 5 unspecified atom stereocenters. The van der Waals surface area contributed by atoms with Crippen LogP contribution in [0.1, 0.15) is 32.1 Å². The van der Waals surface area contributed by atoms with E-state index >= 15 is 0 Å². The maximum Gasteiger partial charge on any atom is 0.138 e. The van der Waals surface area contributed by atoms with Crippen molar-refractivity contribution < 1.29 is 9.90 Å². The minimum Gasteiger partial charge on any atom is -0.392 e. The van der Waals surface area contributed by atoms with Gasteiger partial charge in [0.2, 0.25) is 0 Å². The molecular weight excluding hydrogens is 188 g/mol. The number of hydrogen-bond donors (Lipinski definition) is 1. The van der Waals surface area contributed by atoms with E-state index in [1.165, 1.54) is 12.8 Å². The predicted molar refractivity (Wildman–Crippen MR) is 55.0 cm³/mol. The summed E-state index contributed by atoms with van der Waals surface area (Å²) in [5.74, 6) is 4.39. The van der Waals surface area contributed by atoms with Crippen LogP contribution in [0.5, 0.6) is 0 Å². The molecule has 0 radical (unpaired) electrons. The van der Waals surface area contributed by atoms with Gasteiger partial charge in [-0.05, 0) is 55.3 Å². The average Bonchev–Trinajstić information content (AvgIpc) is 2.59. The van der Waals surface area contributed by atoms with Crippen LogP contribution < -0.4 is 0 Å². The quantitative estimate of drug-likeness (QED) is 0.654.